The Bertz CT molecular complexity index is 612. The summed E-state index contributed by atoms with van der Waals surface area (Å²) in [6.07, 6.45) is 0.274. The van der Waals surface area contributed by atoms with Crippen molar-refractivity contribution < 1.29 is 8.78 Å². The molecule has 106 valence electrons. The number of aryl methyl sites for hydroxylation is 3. The molecule has 0 amide bonds. The van der Waals surface area contributed by atoms with Crippen LogP contribution in [0.2, 0.25) is 0 Å². The summed E-state index contributed by atoms with van der Waals surface area (Å²) in [5, 5.41) is -0.369. The van der Waals surface area contributed by atoms with Crippen molar-refractivity contribution in [2.24, 2.45) is 0 Å². The third-order valence-corrected chi connectivity index (χ3v) is 3.85. The predicted molar refractivity (Wildman–Crippen MR) is 79.3 cm³/mol. The van der Waals surface area contributed by atoms with Gasteiger partial charge in [-0.1, -0.05) is 29.8 Å². The maximum absolute atomic E-state index is 13.7. The van der Waals surface area contributed by atoms with Crippen molar-refractivity contribution in [2.75, 3.05) is 0 Å². The van der Waals surface area contributed by atoms with Gasteiger partial charge >= 0.3 is 0 Å². The molecule has 0 spiro atoms. The Kier molecular flexibility index (Phi) is 4.44. The Morgan fingerprint density at radius 3 is 2.25 bits per heavy atom. The molecule has 3 heteroatoms. The zero-order valence-corrected chi connectivity index (χ0v) is 12.6. The van der Waals surface area contributed by atoms with Crippen LogP contribution >= 0.6 is 11.6 Å². The Balaban J connectivity index is 2.33. The average molecular weight is 295 g/mol. The molecule has 1 atom stereocenters. The number of alkyl halides is 1. The van der Waals surface area contributed by atoms with Crippen LogP contribution in [0, 0.1) is 32.4 Å². The van der Waals surface area contributed by atoms with E-state index in [4.69, 9.17) is 11.6 Å². The van der Waals surface area contributed by atoms with Crippen LogP contribution in [0.3, 0.4) is 0 Å². The second kappa shape index (κ2) is 5.92. The normalized spacial score (nSPS) is 12.5. The first-order valence-electron chi connectivity index (χ1n) is 6.55. The Morgan fingerprint density at radius 1 is 1.05 bits per heavy atom. The van der Waals surface area contributed by atoms with Gasteiger partial charge in [-0.25, -0.2) is 8.78 Å². The fourth-order valence-corrected chi connectivity index (χ4v) is 3.20. The molecule has 0 aliphatic carbocycles. The smallest absolute Gasteiger partial charge is 0.162 e. The maximum atomic E-state index is 13.7. The quantitative estimate of drug-likeness (QED) is 0.664. The minimum Gasteiger partial charge on any atom is -0.204 e. The SMILES string of the molecule is Cc1cc(C)c(C(Cl)Cc2cccc(F)c2F)c(C)c1. The standard InChI is InChI=1S/C17H17ClF2/c1-10-7-11(2)16(12(3)8-10)14(18)9-13-5-4-6-15(19)17(13)20/h4-8,14H,9H2,1-3H3. The van der Waals surface area contributed by atoms with Crippen molar-refractivity contribution in [3.05, 3.63) is 69.8 Å². The van der Waals surface area contributed by atoms with E-state index in [-0.39, 0.29) is 11.8 Å². The molecule has 20 heavy (non-hydrogen) atoms. The number of benzene rings is 2. The summed E-state index contributed by atoms with van der Waals surface area (Å²) in [4.78, 5) is 0. The van der Waals surface area contributed by atoms with E-state index in [1.807, 2.05) is 20.8 Å². The highest BCUT2D eigenvalue weighted by atomic mass is 35.5. The van der Waals surface area contributed by atoms with Crippen molar-refractivity contribution >= 4 is 11.6 Å². The van der Waals surface area contributed by atoms with Gasteiger partial charge in [0.1, 0.15) is 0 Å². The fraction of sp³-hybridized carbons (Fsp3) is 0.294. The summed E-state index contributed by atoms with van der Waals surface area (Å²) in [6.45, 7) is 6.01. The van der Waals surface area contributed by atoms with Gasteiger partial charge in [0, 0.05) is 0 Å². The Hall–Kier alpha value is -1.41. The van der Waals surface area contributed by atoms with Gasteiger partial charge in [0.15, 0.2) is 11.6 Å². The molecule has 0 N–H and O–H groups in total. The molecule has 0 heterocycles. The van der Waals surface area contributed by atoms with Crippen LogP contribution < -0.4 is 0 Å². The molecule has 0 saturated carbocycles. The van der Waals surface area contributed by atoms with Crippen molar-refractivity contribution in [2.45, 2.75) is 32.6 Å². The summed E-state index contributed by atoms with van der Waals surface area (Å²) in [5.74, 6) is -1.63. The van der Waals surface area contributed by atoms with Gasteiger partial charge in [0.2, 0.25) is 0 Å². The first-order valence-corrected chi connectivity index (χ1v) is 6.98. The summed E-state index contributed by atoms with van der Waals surface area (Å²) in [6, 6.07) is 8.31. The van der Waals surface area contributed by atoms with Crippen molar-refractivity contribution in [3.8, 4) is 0 Å². The lowest BCUT2D eigenvalue weighted by atomic mass is 9.94. The number of halogens is 3. The second-order valence-corrected chi connectivity index (χ2v) is 5.72. The minimum absolute atomic E-state index is 0.274. The van der Waals surface area contributed by atoms with Gasteiger partial charge in [-0.05, 0) is 55.5 Å². The molecular weight excluding hydrogens is 278 g/mol. The molecular formula is C17H17ClF2. The summed E-state index contributed by atoms with van der Waals surface area (Å²) in [5.41, 5.74) is 4.65. The van der Waals surface area contributed by atoms with Crippen molar-refractivity contribution in [3.63, 3.8) is 0 Å². The van der Waals surface area contributed by atoms with Crippen LogP contribution in [-0.4, -0.2) is 0 Å². The van der Waals surface area contributed by atoms with Gasteiger partial charge in [-0.3, -0.25) is 0 Å². The highest BCUT2D eigenvalue weighted by Crippen LogP contribution is 2.32. The molecule has 2 rings (SSSR count). The van der Waals surface area contributed by atoms with E-state index >= 15 is 0 Å². The number of hydrogen-bond acceptors (Lipinski definition) is 0. The molecule has 0 saturated heterocycles. The molecule has 0 fully saturated rings. The monoisotopic (exact) mass is 294 g/mol. The lowest BCUT2D eigenvalue weighted by Crippen LogP contribution is -2.04. The minimum atomic E-state index is -0.830. The Morgan fingerprint density at radius 2 is 1.65 bits per heavy atom. The van der Waals surface area contributed by atoms with E-state index < -0.39 is 11.6 Å². The van der Waals surface area contributed by atoms with Gasteiger partial charge < -0.3 is 0 Å². The molecule has 0 bridgehead atoms. The lowest BCUT2D eigenvalue weighted by molar-refractivity contribution is 0.498. The fourth-order valence-electron chi connectivity index (χ4n) is 2.69. The molecule has 0 aromatic heterocycles. The second-order valence-electron chi connectivity index (χ2n) is 5.20. The molecule has 2 aromatic rings. The van der Waals surface area contributed by atoms with Crippen LogP contribution in [0.5, 0.6) is 0 Å². The van der Waals surface area contributed by atoms with E-state index in [2.05, 4.69) is 12.1 Å². The van der Waals surface area contributed by atoms with E-state index in [0.29, 0.717) is 5.56 Å². The molecule has 0 aliphatic rings. The summed E-state index contributed by atoms with van der Waals surface area (Å²) < 4.78 is 26.9. The Labute approximate surface area is 123 Å². The van der Waals surface area contributed by atoms with Gasteiger partial charge in [0.05, 0.1) is 5.38 Å². The average Bonchev–Trinajstić information content (AvgIpc) is 2.33. The summed E-state index contributed by atoms with van der Waals surface area (Å²) in [7, 11) is 0. The van der Waals surface area contributed by atoms with Crippen LogP contribution in [0.1, 0.15) is 33.2 Å². The van der Waals surface area contributed by atoms with Crippen molar-refractivity contribution in [1.29, 1.82) is 0 Å². The molecule has 2 aromatic carbocycles. The third-order valence-electron chi connectivity index (χ3n) is 3.48. The first-order chi connectivity index (χ1) is 9.40. The molecule has 0 aliphatic heterocycles. The van der Waals surface area contributed by atoms with E-state index in [1.54, 1.807) is 6.07 Å². The zero-order chi connectivity index (χ0) is 14.9. The zero-order valence-electron chi connectivity index (χ0n) is 11.8. The topological polar surface area (TPSA) is 0 Å². The maximum Gasteiger partial charge on any atom is 0.162 e. The first kappa shape index (κ1) is 15.0. The van der Waals surface area contributed by atoms with E-state index in [0.717, 1.165) is 22.8 Å². The molecule has 1 unspecified atom stereocenters. The van der Waals surface area contributed by atoms with E-state index in [1.165, 1.54) is 11.6 Å². The number of hydrogen-bond donors (Lipinski definition) is 0. The molecule has 0 radical (unpaired) electrons. The predicted octanol–water partition coefficient (Wildman–Crippen LogP) is 5.41. The summed E-state index contributed by atoms with van der Waals surface area (Å²) >= 11 is 6.44. The van der Waals surface area contributed by atoms with E-state index in [9.17, 15) is 8.78 Å². The van der Waals surface area contributed by atoms with Crippen LogP contribution in [0.15, 0.2) is 30.3 Å². The van der Waals surface area contributed by atoms with Crippen LogP contribution in [-0.2, 0) is 6.42 Å². The van der Waals surface area contributed by atoms with Crippen LogP contribution in [0.25, 0.3) is 0 Å². The van der Waals surface area contributed by atoms with Crippen LogP contribution in [0.4, 0.5) is 8.78 Å². The molecule has 0 nitrogen and oxygen atoms in total. The largest absolute Gasteiger partial charge is 0.204 e. The lowest BCUT2D eigenvalue weighted by Gasteiger charge is -2.17. The van der Waals surface area contributed by atoms with Gasteiger partial charge in [0.25, 0.3) is 0 Å². The van der Waals surface area contributed by atoms with Gasteiger partial charge in [-0.2, -0.15) is 0 Å². The van der Waals surface area contributed by atoms with Gasteiger partial charge in [-0.15, -0.1) is 11.6 Å². The third kappa shape index (κ3) is 3.01. The highest BCUT2D eigenvalue weighted by Gasteiger charge is 2.17. The van der Waals surface area contributed by atoms with Crippen molar-refractivity contribution in [1.82, 2.24) is 0 Å². The number of rotatable bonds is 3. The highest BCUT2D eigenvalue weighted by molar-refractivity contribution is 6.21.